The fourth-order valence-electron chi connectivity index (χ4n) is 3.38. The fraction of sp³-hybridized carbons (Fsp3) is 0.0455. The summed E-state index contributed by atoms with van der Waals surface area (Å²) in [5, 5.41) is 24.4. The molecule has 0 fully saturated rings. The van der Waals surface area contributed by atoms with Crippen molar-refractivity contribution >= 4 is 38.8 Å². The molecule has 4 heteroatoms. The minimum Gasteiger partial charge on any atom is -0.506 e. The summed E-state index contributed by atoms with van der Waals surface area (Å²) in [5.41, 5.74) is 0.726. The molecule has 4 aromatic carbocycles. The number of anilines is 2. The lowest BCUT2D eigenvalue weighted by molar-refractivity contribution is -0.115. The zero-order chi connectivity index (χ0) is 18.3. The van der Waals surface area contributed by atoms with Crippen molar-refractivity contribution in [2.24, 2.45) is 0 Å². The monoisotopic (exact) mass is 343 g/mol. The van der Waals surface area contributed by atoms with Gasteiger partial charge in [0, 0.05) is 17.7 Å². The van der Waals surface area contributed by atoms with Crippen molar-refractivity contribution < 1.29 is 15.0 Å². The Morgan fingerprint density at radius 2 is 1.12 bits per heavy atom. The first-order valence-corrected chi connectivity index (χ1v) is 8.30. The molecule has 0 aliphatic rings. The van der Waals surface area contributed by atoms with Crippen molar-refractivity contribution in [1.82, 2.24) is 0 Å². The van der Waals surface area contributed by atoms with E-state index >= 15 is 0 Å². The van der Waals surface area contributed by atoms with Crippen molar-refractivity contribution in [2.45, 2.75) is 6.92 Å². The maximum absolute atomic E-state index is 12.6. The Hall–Kier alpha value is -3.53. The van der Waals surface area contributed by atoms with Crippen LogP contribution in [0.5, 0.6) is 11.5 Å². The number of aromatic hydroxyl groups is 2. The Kier molecular flexibility index (Phi) is 3.73. The average Bonchev–Trinajstić information content (AvgIpc) is 2.65. The van der Waals surface area contributed by atoms with Gasteiger partial charge in [-0.25, -0.2) is 0 Å². The Bertz CT molecular complexity index is 1070. The molecule has 4 rings (SSSR count). The zero-order valence-corrected chi connectivity index (χ0v) is 14.2. The molecule has 0 aliphatic heterocycles. The predicted octanol–water partition coefficient (Wildman–Crippen LogP) is 5.09. The number of carbonyl (C=O) groups excluding carboxylic acids is 1. The summed E-state index contributed by atoms with van der Waals surface area (Å²) in [6.07, 6.45) is 0. The van der Waals surface area contributed by atoms with Gasteiger partial charge in [0.15, 0.2) is 0 Å². The number of phenols is 2. The van der Waals surface area contributed by atoms with Crippen LogP contribution in [-0.2, 0) is 4.79 Å². The molecule has 0 saturated heterocycles. The third-order valence-corrected chi connectivity index (χ3v) is 4.52. The van der Waals surface area contributed by atoms with E-state index in [9.17, 15) is 15.0 Å². The van der Waals surface area contributed by atoms with Crippen molar-refractivity contribution in [2.75, 3.05) is 4.90 Å². The quantitative estimate of drug-likeness (QED) is 0.533. The van der Waals surface area contributed by atoms with E-state index in [0.717, 1.165) is 21.5 Å². The number of hydrogen-bond acceptors (Lipinski definition) is 3. The smallest absolute Gasteiger partial charge is 0.228 e. The summed E-state index contributed by atoms with van der Waals surface area (Å²) in [6.45, 7) is 1.42. The van der Waals surface area contributed by atoms with E-state index in [1.54, 1.807) is 24.3 Å². The minimum absolute atomic E-state index is 0.0220. The molecule has 2 N–H and O–H groups in total. The number of carbonyl (C=O) groups is 1. The molecular weight excluding hydrogens is 326 g/mol. The van der Waals surface area contributed by atoms with E-state index in [1.165, 1.54) is 11.8 Å². The summed E-state index contributed by atoms with van der Waals surface area (Å²) in [7, 11) is 0. The van der Waals surface area contributed by atoms with Gasteiger partial charge in [-0.15, -0.1) is 0 Å². The van der Waals surface area contributed by atoms with Crippen LogP contribution in [0.3, 0.4) is 0 Å². The molecule has 0 spiro atoms. The van der Waals surface area contributed by atoms with E-state index < -0.39 is 0 Å². The number of benzene rings is 4. The van der Waals surface area contributed by atoms with Gasteiger partial charge >= 0.3 is 0 Å². The molecule has 0 atom stereocenters. The van der Waals surface area contributed by atoms with Gasteiger partial charge in [0.2, 0.25) is 5.91 Å². The van der Waals surface area contributed by atoms with Gasteiger partial charge < -0.3 is 10.2 Å². The molecule has 0 aromatic heterocycles. The standard InChI is InChI=1S/C22H17NO3/c1-14(24)23(21-17-8-4-2-6-15(17)10-12-19(21)25)22-18-9-5-3-7-16(18)11-13-20(22)26/h2-13,25-26H,1H3. The highest BCUT2D eigenvalue weighted by Gasteiger charge is 2.24. The molecule has 1 amide bonds. The Labute approximate surface area is 150 Å². The van der Waals surface area contributed by atoms with Gasteiger partial charge in [-0.2, -0.15) is 0 Å². The summed E-state index contributed by atoms with van der Waals surface area (Å²) < 4.78 is 0. The first kappa shape index (κ1) is 16.0. The zero-order valence-electron chi connectivity index (χ0n) is 14.2. The predicted molar refractivity (Wildman–Crippen MR) is 104 cm³/mol. The fourth-order valence-corrected chi connectivity index (χ4v) is 3.38. The normalized spacial score (nSPS) is 11.0. The van der Waals surface area contributed by atoms with Gasteiger partial charge in [-0.3, -0.25) is 9.69 Å². The maximum Gasteiger partial charge on any atom is 0.228 e. The van der Waals surface area contributed by atoms with Crippen LogP contribution in [0.4, 0.5) is 11.4 Å². The topological polar surface area (TPSA) is 60.8 Å². The van der Waals surface area contributed by atoms with Gasteiger partial charge in [-0.05, 0) is 22.9 Å². The molecule has 26 heavy (non-hydrogen) atoms. The first-order chi connectivity index (χ1) is 12.6. The first-order valence-electron chi connectivity index (χ1n) is 8.30. The highest BCUT2D eigenvalue weighted by atomic mass is 16.3. The number of fused-ring (bicyclic) bond motifs is 2. The van der Waals surface area contributed by atoms with E-state index in [0.29, 0.717) is 11.4 Å². The lowest BCUT2D eigenvalue weighted by Crippen LogP contribution is -2.23. The number of nitrogens with zero attached hydrogens (tertiary/aromatic N) is 1. The van der Waals surface area contributed by atoms with Crippen LogP contribution >= 0.6 is 0 Å². The van der Waals surface area contributed by atoms with Crippen molar-refractivity contribution in [3.63, 3.8) is 0 Å². The van der Waals surface area contributed by atoms with Crippen LogP contribution in [-0.4, -0.2) is 16.1 Å². The molecule has 0 unspecified atom stereocenters. The van der Waals surface area contributed by atoms with Crippen LogP contribution < -0.4 is 4.90 Å². The van der Waals surface area contributed by atoms with Crippen LogP contribution in [0.2, 0.25) is 0 Å². The van der Waals surface area contributed by atoms with Crippen molar-refractivity contribution in [3.05, 3.63) is 72.8 Å². The lowest BCUT2D eigenvalue weighted by atomic mass is 10.0. The summed E-state index contributed by atoms with van der Waals surface area (Å²) in [5.74, 6) is -0.347. The third kappa shape index (κ3) is 2.43. The van der Waals surface area contributed by atoms with E-state index in [-0.39, 0.29) is 17.4 Å². The van der Waals surface area contributed by atoms with E-state index in [2.05, 4.69) is 0 Å². The minimum atomic E-state index is -0.302. The molecule has 4 aromatic rings. The van der Waals surface area contributed by atoms with Gasteiger partial charge in [0.05, 0.1) is 11.4 Å². The lowest BCUT2D eigenvalue weighted by Gasteiger charge is -2.26. The van der Waals surface area contributed by atoms with Crippen LogP contribution in [0.1, 0.15) is 6.92 Å². The summed E-state index contributed by atoms with van der Waals surface area (Å²) in [6, 6.07) is 21.8. The molecule has 0 saturated carbocycles. The molecule has 0 aliphatic carbocycles. The molecule has 4 nitrogen and oxygen atoms in total. The van der Waals surface area contributed by atoms with Crippen LogP contribution in [0.25, 0.3) is 21.5 Å². The van der Waals surface area contributed by atoms with Gasteiger partial charge in [-0.1, -0.05) is 60.7 Å². The Morgan fingerprint density at radius 1 is 0.692 bits per heavy atom. The van der Waals surface area contributed by atoms with Crippen molar-refractivity contribution in [3.8, 4) is 11.5 Å². The van der Waals surface area contributed by atoms with Crippen LogP contribution in [0, 0.1) is 0 Å². The Balaban J connectivity index is 2.11. The third-order valence-electron chi connectivity index (χ3n) is 4.52. The number of phenolic OH excluding ortho intramolecular Hbond substituents is 2. The highest BCUT2D eigenvalue weighted by molar-refractivity contribution is 6.15. The molecule has 0 heterocycles. The highest BCUT2D eigenvalue weighted by Crippen LogP contribution is 2.45. The second kappa shape index (κ2) is 6.08. The van der Waals surface area contributed by atoms with Gasteiger partial charge in [0.25, 0.3) is 0 Å². The molecular formula is C22H17NO3. The molecule has 0 bridgehead atoms. The average molecular weight is 343 g/mol. The maximum atomic E-state index is 12.6. The summed E-state index contributed by atoms with van der Waals surface area (Å²) in [4.78, 5) is 14.0. The molecule has 0 radical (unpaired) electrons. The second-order valence-electron chi connectivity index (χ2n) is 6.16. The van der Waals surface area contributed by atoms with E-state index in [1.807, 2.05) is 48.5 Å². The van der Waals surface area contributed by atoms with Crippen LogP contribution in [0.15, 0.2) is 72.8 Å². The number of rotatable bonds is 2. The second-order valence-corrected chi connectivity index (χ2v) is 6.16. The Morgan fingerprint density at radius 3 is 1.54 bits per heavy atom. The SMILES string of the molecule is CC(=O)N(c1c(O)ccc2ccccc12)c1c(O)ccc2ccccc12. The number of amides is 1. The van der Waals surface area contributed by atoms with Crippen molar-refractivity contribution in [1.29, 1.82) is 0 Å². The summed E-state index contributed by atoms with van der Waals surface area (Å²) >= 11 is 0. The van der Waals surface area contributed by atoms with Gasteiger partial charge in [0.1, 0.15) is 11.5 Å². The largest absolute Gasteiger partial charge is 0.506 e. The number of hydrogen-bond donors (Lipinski definition) is 2. The molecule has 128 valence electrons. The van der Waals surface area contributed by atoms with E-state index in [4.69, 9.17) is 0 Å².